The Morgan fingerprint density at radius 3 is 1.26 bits per heavy atom. The summed E-state index contributed by atoms with van der Waals surface area (Å²) < 4.78 is 35.8. The number of rotatable bonds is 6. The van der Waals surface area contributed by atoms with Gasteiger partial charge in [-0.25, -0.2) is 5.50 Å². The van der Waals surface area contributed by atoms with E-state index in [0.29, 0.717) is 17.2 Å². The van der Waals surface area contributed by atoms with Crippen LogP contribution in [0.25, 0.3) is 0 Å². The van der Waals surface area contributed by atoms with Crippen molar-refractivity contribution in [3.05, 3.63) is 91.0 Å². The molecule has 180 valence electrons. The molecule has 3 aromatic carbocycles. The summed E-state index contributed by atoms with van der Waals surface area (Å²) in [5, 5.41) is 0. The van der Waals surface area contributed by atoms with E-state index < -0.39 is 30.3 Å². The zero-order valence-corrected chi connectivity index (χ0v) is 21.4. The Morgan fingerprint density at radius 1 is 0.441 bits per heavy atom. The smallest absolute Gasteiger partial charge is 0.431 e. The first-order valence-corrected chi connectivity index (χ1v) is 16.7. The molecular weight excluding hydrogens is 514 g/mol. The molecule has 0 saturated carbocycles. The van der Waals surface area contributed by atoms with Gasteiger partial charge in [0, 0.05) is 0 Å². The van der Waals surface area contributed by atoms with E-state index in [4.69, 9.17) is 41.1 Å². The Balaban J connectivity index is 1.90. The SMILES string of the molecule is NP1(N)=NP(N)(Oc2ccccc2)=NP(N)(N)=NP(Oc2ccccc2)(Oc2ccccc2)=N1. The van der Waals surface area contributed by atoms with Crippen LogP contribution in [0, 0.1) is 0 Å². The molecule has 0 aliphatic carbocycles. The van der Waals surface area contributed by atoms with Crippen LogP contribution in [0.4, 0.5) is 0 Å². The first kappa shape index (κ1) is 24.9. The maximum atomic E-state index is 6.41. The first-order chi connectivity index (χ1) is 16.1. The molecule has 1 aliphatic rings. The van der Waals surface area contributed by atoms with Crippen LogP contribution in [-0.2, 0) is 0 Å². The molecule has 34 heavy (non-hydrogen) atoms. The van der Waals surface area contributed by atoms with Crippen LogP contribution in [0.15, 0.2) is 109 Å². The summed E-state index contributed by atoms with van der Waals surface area (Å²) in [6.07, 6.45) is 0. The third kappa shape index (κ3) is 6.68. The highest BCUT2D eigenvalue weighted by Gasteiger charge is 2.36. The molecule has 1 aliphatic heterocycles. The zero-order valence-electron chi connectivity index (χ0n) is 17.8. The van der Waals surface area contributed by atoms with E-state index in [9.17, 15) is 0 Å². The molecule has 1 unspecified atom stereocenters. The number of hydrogen-bond acceptors (Lipinski definition) is 12. The minimum atomic E-state index is -3.72. The van der Waals surface area contributed by atoms with Gasteiger partial charge in [0.15, 0.2) is 0 Å². The van der Waals surface area contributed by atoms with Crippen LogP contribution in [0.1, 0.15) is 0 Å². The Labute approximate surface area is 197 Å². The van der Waals surface area contributed by atoms with Crippen LogP contribution in [0.5, 0.6) is 17.2 Å². The predicted molar refractivity (Wildman–Crippen MR) is 140 cm³/mol. The second kappa shape index (κ2) is 9.80. The first-order valence-electron chi connectivity index (χ1n) is 9.78. The van der Waals surface area contributed by atoms with E-state index in [0.717, 1.165) is 0 Å². The molecule has 0 bridgehead atoms. The van der Waals surface area contributed by atoms with Gasteiger partial charge in [-0.15, -0.1) is 9.03 Å². The maximum Gasteiger partial charge on any atom is 0.454 e. The standard InChI is InChI=1S/C18H25N9O3P4/c19-31(20)24-33(23,28-16-10-4-1-5-11-16)25-32(21,22)27-34(26-31,29-17-12-6-2-7-13-17)30-18-14-8-3-9-15-18/h1-15H,19-23H2. The Kier molecular flexibility index (Phi) is 7.17. The maximum absolute atomic E-state index is 6.41. The van der Waals surface area contributed by atoms with Crippen molar-refractivity contribution in [3.63, 3.8) is 0 Å². The van der Waals surface area contributed by atoms with E-state index in [2.05, 4.69) is 18.1 Å². The molecule has 3 aromatic rings. The Bertz CT molecular complexity index is 1330. The van der Waals surface area contributed by atoms with Crippen molar-refractivity contribution in [1.29, 1.82) is 0 Å². The second-order valence-corrected chi connectivity index (χ2v) is 15.4. The van der Waals surface area contributed by atoms with Gasteiger partial charge in [0.2, 0.25) is 15.0 Å². The van der Waals surface area contributed by atoms with E-state index in [-0.39, 0.29) is 0 Å². The lowest BCUT2D eigenvalue weighted by Gasteiger charge is -2.28. The fourth-order valence-corrected chi connectivity index (χ4v) is 13.0. The van der Waals surface area contributed by atoms with Crippen LogP contribution < -0.4 is 41.1 Å². The fraction of sp³-hybridized carbons (Fsp3) is 0. The Morgan fingerprint density at radius 2 is 0.824 bits per heavy atom. The molecule has 0 amide bonds. The predicted octanol–water partition coefficient (Wildman–Crippen LogP) is 5.82. The topological polar surface area (TPSA) is 207 Å². The monoisotopic (exact) mass is 539 g/mol. The fourth-order valence-electron chi connectivity index (χ4n) is 2.85. The zero-order chi connectivity index (χ0) is 24.3. The van der Waals surface area contributed by atoms with Crippen LogP contribution >= 0.6 is 30.3 Å². The van der Waals surface area contributed by atoms with E-state index in [1.807, 2.05) is 18.2 Å². The lowest BCUT2D eigenvalue weighted by molar-refractivity contribution is 0.478. The summed E-state index contributed by atoms with van der Waals surface area (Å²) in [5.41, 5.74) is 31.8. The molecule has 0 spiro atoms. The highest BCUT2D eigenvalue weighted by molar-refractivity contribution is 7.81. The molecule has 0 aromatic heterocycles. The number of hydrogen-bond donors (Lipinski definition) is 5. The third-order valence-electron chi connectivity index (χ3n) is 3.97. The van der Waals surface area contributed by atoms with E-state index in [1.165, 1.54) is 0 Å². The molecule has 16 heteroatoms. The van der Waals surface area contributed by atoms with Gasteiger partial charge in [0.25, 0.3) is 0 Å². The van der Waals surface area contributed by atoms with Crippen molar-refractivity contribution in [1.82, 2.24) is 0 Å². The van der Waals surface area contributed by atoms with Crippen molar-refractivity contribution in [2.45, 2.75) is 0 Å². The normalized spacial score (nSPS) is 22.3. The van der Waals surface area contributed by atoms with Gasteiger partial charge in [-0.3, -0.25) is 22.0 Å². The number of para-hydroxylation sites is 3. The summed E-state index contributed by atoms with van der Waals surface area (Å²) in [4.78, 5) is 0. The van der Waals surface area contributed by atoms with Crippen molar-refractivity contribution in [2.24, 2.45) is 45.6 Å². The average Bonchev–Trinajstić information content (AvgIpc) is 2.73. The van der Waals surface area contributed by atoms with E-state index >= 15 is 0 Å². The van der Waals surface area contributed by atoms with Crippen LogP contribution in [0.2, 0.25) is 0 Å². The molecule has 1 atom stereocenters. The van der Waals surface area contributed by atoms with Crippen LogP contribution in [0.3, 0.4) is 0 Å². The van der Waals surface area contributed by atoms with Gasteiger partial charge in [0.1, 0.15) is 17.2 Å². The molecule has 1 heterocycles. The number of nitrogens with two attached hydrogens (primary N) is 5. The minimum Gasteiger partial charge on any atom is -0.431 e. The summed E-state index contributed by atoms with van der Waals surface area (Å²) >= 11 is 0. The van der Waals surface area contributed by atoms with Crippen molar-refractivity contribution < 1.29 is 13.6 Å². The highest BCUT2D eigenvalue weighted by Crippen LogP contribution is 2.70. The van der Waals surface area contributed by atoms with Crippen molar-refractivity contribution in [2.75, 3.05) is 0 Å². The van der Waals surface area contributed by atoms with Crippen molar-refractivity contribution in [3.8, 4) is 17.2 Å². The number of benzene rings is 3. The molecule has 12 nitrogen and oxygen atoms in total. The molecule has 10 N–H and O–H groups in total. The second-order valence-electron chi connectivity index (χ2n) is 7.05. The molecule has 0 radical (unpaired) electrons. The third-order valence-corrected chi connectivity index (χ3v) is 13.8. The quantitative estimate of drug-likeness (QED) is 0.241. The largest absolute Gasteiger partial charge is 0.454 e. The van der Waals surface area contributed by atoms with Gasteiger partial charge < -0.3 is 13.6 Å². The van der Waals surface area contributed by atoms with Gasteiger partial charge in [-0.2, -0.15) is 9.03 Å². The lowest BCUT2D eigenvalue weighted by Crippen LogP contribution is -2.13. The van der Waals surface area contributed by atoms with E-state index in [1.54, 1.807) is 72.8 Å². The van der Waals surface area contributed by atoms with Crippen molar-refractivity contribution >= 4 is 30.3 Å². The minimum absolute atomic E-state index is 0.397. The molecular formula is C18H25N9O3P4. The summed E-state index contributed by atoms with van der Waals surface area (Å²) in [6.45, 7) is 0. The molecule has 0 fully saturated rings. The average molecular weight is 539 g/mol. The highest BCUT2D eigenvalue weighted by atomic mass is 31.3. The summed E-state index contributed by atoms with van der Waals surface area (Å²) in [7, 11) is -14.4. The molecule has 0 saturated heterocycles. The number of nitrogens with zero attached hydrogens (tertiary/aromatic N) is 4. The van der Waals surface area contributed by atoms with Gasteiger partial charge in [0.05, 0.1) is 0 Å². The van der Waals surface area contributed by atoms with Gasteiger partial charge in [-0.05, 0) is 36.4 Å². The summed E-state index contributed by atoms with van der Waals surface area (Å²) in [5.74, 6) is 1.19. The van der Waals surface area contributed by atoms with Crippen LogP contribution in [-0.4, -0.2) is 0 Å². The molecule has 4 rings (SSSR count). The van der Waals surface area contributed by atoms with Gasteiger partial charge in [-0.1, -0.05) is 54.6 Å². The Hall–Kier alpha value is -2.22. The summed E-state index contributed by atoms with van der Waals surface area (Å²) in [6, 6.07) is 26.3. The van der Waals surface area contributed by atoms with Gasteiger partial charge >= 0.3 is 15.2 Å². The lowest BCUT2D eigenvalue weighted by atomic mass is 10.3.